The number of halogens is 1. The van der Waals surface area contributed by atoms with Gasteiger partial charge < -0.3 is 10.2 Å². The first-order valence-electron chi connectivity index (χ1n) is 6.98. The van der Waals surface area contributed by atoms with Gasteiger partial charge in [0, 0.05) is 11.4 Å². The molecule has 0 radical (unpaired) electrons. The summed E-state index contributed by atoms with van der Waals surface area (Å²) in [5.74, 6) is -0.109. The van der Waals surface area contributed by atoms with Gasteiger partial charge in [-0.05, 0) is 46.1 Å². The van der Waals surface area contributed by atoms with Crippen molar-refractivity contribution in [2.24, 2.45) is 0 Å². The molecule has 1 atom stereocenters. The third kappa shape index (κ3) is 4.16. The highest BCUT2D eigenvalue weighted by molar-refractivity contribution is 6.30. The van der Waals surface area contributed by atoms with Gasteiger partial charge in [-0.2, -0.15) is 0 Å². The average Bonchev–Trinajstić information content (AvgIpc) is 2.44. The van der Waals surface area contributed by atoms with Crippen LogP contribution in [0.2, 0.25) is 5.15 Å². The van der Waals surface area contributed by atoms with Gasteiger partial charge in [0.1, 0.15) is 5.15 Å². The van der Waals surface area contributed by atoms with E-state index in [0.717, 1.165) is 23.9 Å². The van der Waals surface area contributed by atoms with Crippen LogP contribution in [0.3, 0.4) is 0 Å². The molecule has 1 aromatic carbocycles. The van der Waals surface area contributed by atoms with Crippen molar-refractivity contribution in [3.63, 3.8) is 0 Å². The van der Waals surface area contributed by atoms with Crippen molar-refractivity contribution < 1.29 is 4.79 Å². The lowest BCUT2D eigenvalue weighted by atomic mass is 10.1. The molecule has 1 amide bonds. The van der Waals surface area contributed by atoms with E-state index < -0.39 is 0 Å². The number of amides is 1. The molecule has 4 nitrogen and oxygen atoms in total. The van der Waals surface area contributed by atoms with Crippen LogP contribution in [0.25, 0.3) is 10.9 Å². The van der Waals surface area contributed by atoms with Crippen LogP contribution in [0.1, 0.15) is 23.7 Å². The molecule has 5 heteroatoms. The van der Waals surface area contributed by atoms with Gasteiger partial charge in [-0.1, -0.05) is 29.8 Å². The van der Waals surface area contributed by atoms with Gasteiger partial charge in [-0.25, -0.2) is 4.98 Å². The summed E-state index contributed by atoms with van der Waals surface area (Å²) >= 11 is 6.01. The molecular formula is C16H20ClN3O. The molecule has 0 aliphatic carbocycles. The zero-order valence-corrected chi connectivity index (χ0v) is 13.3. The van der Waals surface area contributed by atoms with E-state index in [1.807, 2.05) is 45.3 Å². The summed E-state index contributed by atoms with van der Waals surface area (Å²) in [5.41, 5.74) is 1.30. The smallest absolute Gasteiger partial charge is 0.252 e. The maximum absolute atomic E-state index is 12.5. The Labute approximate surface area is 130 Å². The Morgan fingerprint density at radius 3 is 2.81 bits per heavy atom. The first kappa shape index (κ1) is 15.7. The van der Waals surface area contributed by atoms with Crippen molar-refractivity contribution in [2.45, 2.75) is 19.4 Å². The van der Waals surface area contributed by atoms with Crippen molar-refractivity contribution in [1.82, 2.24) is 15.2 Å². The van der Waals surface area contributed by atoms with Crippen LogP contribution < -0.4 is 5.32 Å². The predicted molar refractivity (Wildman–Crippen MR) is 86.9 cm³/mol. The quantitative estimate of drug-likeness (QED) is 0.864. The van der Waals surface area contributed by atoms with Crippen LogP contribution in [0.15, 0.2) is 30.3 Å². The van der Waals surface area contributed by atoms with E-state index in [1.54, 1.807) is 6.07 Å². The highest BCUT2D eigenvalue weighted by atomic mass is 35.5. The molecule has 2 aromatic rings. The van der Waals surface area contributed by atoms with Crippen molar-refractivity contribution in [2.75, 3.05) is 20.6 Å². The third-order valence-corrected chi connectivity index (χ3v) is 3.51. The number of benzene rings is 1. The summed E-state index contributed by atoms with van der Waals surface area (Å²) in [6.45, 7) is 2.94. The van der Waals surface area contributed by atoms with E-state index in [0.29, 0.717) is 10.7 Å². The molecule has 21 heavy (non-hydrogen) atoms. The molecule has 0 bridgehead atoms. The second-order valence-electron chi connectivity index (χ2n) is 5.48. The molecule has 1 N–H and O–H groups in total. The lowest BCUT2D eigenvalue weighted by molar-refractivity contribution is 0.0938. The Bertz CT molecular complexity index is 642. The Hall–Kier alpha value is -1.65. The van der Waals surface area contributed by atoms with Crippen LogP contribution in [0.5, 0.6) is 0 Å². The maximum Gasteiger partial charge on any atom is 0.252 e. The zero-order chi connectivity index (χ0) is 15.4. The number of hydrogen-bond acceptors (Lipinski definition) is 3. The third-order valence-electron chi connectivity index (χ3n) is 3.32. The number of aromatic nitrogens is 1. The molecule has 1 unspecified atom stereocenters. The number of nitrogens with zero attached hydrogens (tertiary/aromatic N) is 2. The fourth-order valence-electron chi connectivity index (χ4n) is 2.16. The van der Waals surface area contributed by atoms with Crippen molar-refractivity contribution in [3.8, 4) is 0 Å². The molecule has 1 heterocycles. The molecule has 0 spiro atoms. The van der Waals surface area contributed by atoms with Crippen LogP contribution in [-0.2, 0) is 0 Å². The minimum absolute atomic E-state index is 0.102. The largest absolute Gasteiger partial charge is 0.350 e. The Balaban J connectivity index is 2.19. The molecule has 0 saturated carbocycles. The number of hydrogen-bond donors (Lipinski definition) is 1. The number of pyridine rings is 1. The van der Waals surface area contributed by atoms with Gasteiger partial charge >= 0.3 is 0 Å². The highest BCUT2D eigenvalue weighted by Crippen LogP contribution is 2.20. The standard InChI is InChI=1S/C16H20ClN3O/c1-11(8-9-20(2)3)18-16(21)13-10-15(17)19-14-7-5-4-6-12(13)14/h4-7,10-11H,8-9H2,1-3H3,(H,18,21). The molecule has 0 fully saturated rings. The minimum atomic E-state index is -0.109. The fraction of sp³-hybridized carbons (Fsp3) is 0.375. The number of carbonyl (C=O) groups is 1. The summed E-state index contributed by atoms with van der Waals surface area (Å²) in [5, 5.41) is 4.17. The van der Waals surface area contributed by atoms with Gasteiger partial charge in [-0.15, -0.1) is 0 Å². The minimum Gasteiger partial charge on any atom is -0.350 e. The first-order chi connectivity index (χ1) is 9.97. The van der Waals surface area contributed by atoms with E-state index in [2.05, 4.69) is 15.2 Å². The molecule has 2 rings (SSSR count). The fourth-order valence-corrected chi connectivity index (χ4v) is 2.36. The van der Waals surface area contributed by atoms with Gasteiger partial charge in [0.2, 0.25) is 0 Å². The van der Waals surface area contributed by atoms with E-state index >= 15 is 0 Å². The Kier molecular flexibility index (Phi) is 5.15. The van der Waals surface area contributed by atoms with Crippen molar-refractivity contribution in [3.05, 3.63) is 41.0 Å². The van der Waals surface area contributed by atoms with Gasteiger partial charge in [0.15, 0.2) is 0 Å². The summed E-state index contributed by atoms with van der Waals surface area (Å²) in [4.78, 5) is 18.8. The number of rotatable bonds is 5. The summed E-state index contributed by atoms with van der Waals surface area (Å²) in [6.07, 6.45) is 0.898. The summed E-state index contributed by atoms with van der Waals surface area (Å²) in [7, 11) is 4.04. The summed E-state index contributed by atoms with van der Waals surface area (Å²) in [6, 6.07) is 9.24. The van der Waals surface area contributed by atoms with Crippen molar-refractivity contribution in [1.29, 1.82) is 0 Å². The van der Waals surface area contributed by atoms with Crippen LogP contribution in [0, 0.1) is 0 Å². The average molecular weight is 306 g/mol. The molecular weight excluding hydrogens is 286 g/mol. The Morgan fingerprint density at radius 1 is 1.38 bits per heavy atom. The predicted octanol–water partition coefficient (Wildman–Crippen LogP) is 2.96. The van der Waals surface area contributed by atoms with Crippen LogP contribution in [0.4, 0.5) is 0 Å². The van der Waals surface area contributed by atoms with E-state index in [1.165, 1.54) is 0 Å². The van der Waals surface area contributed by atoms with E-state index in [9.17, 15) is 4.79 Å². The highest BCUT2D eigenvalue weighted by Gasteiger charge is 2.14. The van der Waals surface area contributed by atoms with Crippen LogP contribution >= 0.6 is 11.6 Å². The first-order valence-corrected chi connectivity index (χ1v) is 7.36. The van der Waals surface area contributed by atoms with Crippen molar-refractivity contribution >= 4 is 28.4 Å². The van der Waals surface area contributed by atoms with Crippen LogP contribution in [-0.4, -0.2) is 42.5 Å². The molecule has 0 aliphatic rings. The lowest BCUT2D eigenvalue weighted by Crippen LogP contribution is -2.34. The maximum atomic E-state index is 12.5. The van der Waals surface area contributed by atoms with Gasteiger partial charge in [-0.3, -0.25) is 4.79 Å². The monoisotopic (exact) mass is 305 g/mol. The number of carbonyl (C=O) groups excluding carboxylic acids is 1. The zero-order valence-electron chi connectivity index (χ0n) is 12.6. The number of fused-ring (bicyclic) bond motifs is 1. The second kappa shape index (κ2) is 6.87. The summed E-state index contributed by atoms with van der Waals surface area (Å²) < 4.78 is 0. The second-order valence-corrected chi connectivity index (χ2v) is 5.86. The van der Waals surface area contributed by atoms with E-state index in [4.69, 9.17) is 11.6 Å². The van der Waals surface area contributed by atoms with E-state index in [-0.39, 0.29) is 11.9 Å². The van der Waals surface area contributed by atoms with Gasteiger partial charge in [0.25, 0.3) is 5.91 Å². The number of para-hydroxylation sites is 1. The molecule has 0 saturated heterocycles. The lowest BCUT2D eigenvalue weighted by Gasteiger charge is -2.17. The molecule has 1 aromatic heterocycles. The normalized spacial score (nSPS) is 12.6. The Morgan fingerprint density at radius 2 is 2.10 bits per heavy atom. The molecule has 0 aliphatic heterocycles. The SMILES string of the molecule is CC(CCN(C)C)NC(=O)c1cc(Cl)nc2ccccc12. The number of nitrogens with one attached hydrogen (secondary N) is 1. The van der Waals surface area contributed by atoms with Gasteiger partial charge in [0.05, 0.1) is 11.1 Å². The topological polar surface area (TPSA) is 45.2 Å². The molecule has 112 valence electrons.